The molecule has 1 aromatic heterocycles. The number of fused-ring (bicyclic) bond motifs is 1. The molecule has 1 unspecified atom stereocenters. The third-order valence-electron chi connectivity index (χ3n) is 3.59. The molecule has 2 aromatic carbocycles. The van der Waals surface area contributed by atoms with Crippen molar-refractivity contribution >= 4 is 27.1 Å². The van der Waals surface area contributed by atoms with Gasteiger partial charge in [-0.05, 0) is 40.1 Å². The lowest BCUT2D eigenvalue weighted by Gasteiger charge is -2.18. The van der Waals surface area contributed by atoms with E-state index in [4.69, 9.17) is 5.73 Å². The van der Waals surface area contributed by atoms with Crippen molar-refractivity contribution in [2.24, 2.45) is 5.73 Å². The molecule has 0 saturated carbocycles. The van der Waals surface area contributed by atoms with E-state index in [-0.39, 0.29) is 6.04 Å². The zero-order chi connectivity index (χ0) is 14.1. The molecule has 0 aliphatic rings. The summed E-state index contributed by atoms with van der Waals surface area (Å²) in [6, 6.07) is 16.8. The fourth-order valence-electron chi connectivity index (χ4n) is 2.44. The van der Waals surface area contributed by atoms with Crippen LogP contribution in [0.2, 0.25) is 0 Å². The van der Waals surface area contributed by atoms with Gasteiger partial charge in [0.05, 0.1) is 6.04 Å². The summed E-state index contributed by atoms with van der Waals surface area (Å²) in [4.78, 5) is 2.10. The van der Waals surface area contributed by atoms with Crippen LogP contribution in [0.4, 0.5) is 5.69 Å². The van der Waals surface area contributed by atoms with Crippen molar-refractivity contribution in [2.45, 2.75) is 6.04 Å². The predicted octanol–water partition coefficient (Wildman–Crippen LogP) is 4.02. The molecule has 3 rings (SSSR count). The van der Waals surface area contributed by atoms with Gasteiger partial charge < -0.3 is 10.6 Å². The molecule has 0 fully saturated rings. The van der Waals surface area contributed by atoms with Crippen LogP contribution in [0.15, 0.2) is 53.9 Å². The molecule has 20 heavy (non-hydrogen) atoms. The fraction of sp³-hybridized carbons (Fsp3) is 0.176. The summed E-state index contributed by atoms with van der Waals surface area (Å²) in [5, 5.41) is 3.39. The molecule has 102 valence electrons. The first-order valence-electron chi connectivity index (χ1n) is 6.66. The molecule has 0 amide bonds. The highest BCUT2D eigenvalue weighted by molar-refractivity contribution is 7.17. The lowest BCUT2D eigenvalue weighted by Crippen LogP contribution is -2.14. The highest BCUT2D eigenvalue weighted by Gasteiger charge is 2.13. The van der Waals surface area contributed by atoms with Gasteiger partial charge in [0, 0.05) is 24.5 Å². The normalized spacial score (nSPS) is 12.6. The van der Waals surface area contributed by atoms with Crippen molar-refractivity contribution in [3.8, 4) is 0 Å². The number of hydrogen-bond donors (Lipinski definition) is 1. The summed E-state index contributed by atoms with van der Waals surface area (Å²) in [5.41, 5.74) is 10.0. The number of rotatable bonds is 3. The Bertz CT molecular complexity index is 730. The summed E-state index contributed by atoms with van der Waals surface area (Å²) in [6.07, 6.45) is 0. The van der Waals surface area contributed by atoms with Crippen molar-refractivity contribution in [2.75, 3.05) is 19.0 Å². The topological polar surface area (TPSA) is 29.3 Å². The van der Waals surface area contributed by atoms with Gasteiger partial charge in [-0.3, -0.25) is 0 Å². The van der Waals surface area contributed by atoms with Crippen molar-refractivity contribution in [1.82, 2.24) is 0 Å². The van der Waals surface area contributed by atoms with E-state index < -0.39 is 0 Å². The Morgan fingerprint density at radius 2 is 1.85 bits per heavy atom. The lowest BCUT2D eigenvalue weighted by molar-refractivity contribution is 0.881. The monoisotopic (exact) mass is 282 g/mol. The molecule has 0 bridgehead atoms. The van der Waals surface area contributed by atoms with Gasteiger partial charge in [-0.25, -0.2) is 0 Å². The Morgan fingerprint density at radius 3 is 2.65 bits per heavy atom. The summed E-state index contributed by atoms with van der Waals surface area (Å²) >= 11 is 1.76. The van der Waals surface area contributed by atoms with Crippen LogP contribution in [0, 0.1) is 0 Å². The van der Waals surface area contributed by atoms with Crippen LogP contribution < -0.4 is 10.6 Å². The average Bonchev–Trinajstić information content (AvgIpc) is 2.95. The first-order chi connectivity index (χ1) is 9.66. The second-order valence-corrected chi connectivity index (χ2v) is 6.07. The molecule has 0 aliphatic carbocycles. The minimum Gasteiger partial charge on any atom is -0.378 e. The van der Waals surface area contributed by atoms with Gasteiger partial charge in [-0.15, -0.1) is 11.3 Å². The van der Waals surface area contributed by atoms with Crippen LogP contribution >= 0.6 is 11.3 Å². The average molecular weight is 282 g/mol. The maximum Gasteiger partial charge on any atom is 0.0566 e. The second kappa shape index (κ2) is 5.27. The first-order valence-corrected chi connectivity index (χ1v) is 7.54. The van der Waals surface area contributed by atoms with E-state index >= 15 is 0 Å². The summed E-state index contributed by atoms with van der Waals surface area (Å²) < 4.78 is 1.29. The number of nitrogens with two attached hydrogens (primary N) is 1. The van der Waals surface area contributed by atoms with E-state index in [9.17, 15) is 0 Å². The minimum absolute atomic E-state index is 0.0859. The molecule has 0 radical (unpaired) electrons. The van der Waals surface area contributed by atoms with E-state index in [1.54, 1.807) is 11.3 Å². The predicted molar refractivity (Wildman–Crippen MR) is 88.6 cm³/mol. The highest BCUT2D eigenvalue weighted by Crippen LogP contribution is 2.31. The van der Waals surface area contributed by atoms with E-state index in [1.165, 1.54) is 21.3 Å². The van der Waals surface area contributed by atoms with Crippen LogP contribution in [0.3, 0.4) is 0 Å². The van der Waals surface area contributed by atoms with E-state index in [0.29, 0.717) is 0 Å². The Balaban J connectivity index is 2.06. The number of thiophene rings is 1. The molecule has 0 aliphatic heterocycles. The molecule has 1 heterocycles. The lowest BCUT2D eigenvalue weighted by atomic mass is 9.98. The summed E-state index contributed by atoms with van der Waals surface area (Å²) in [6.45, 7) is 0. The summed E-state index contributed by atoms with van der Waals surface area (Å²) in [7, 11) is 4.09. The molecule has 1 atom stereocenters. The van der Waals surface area contributed by atoms with Crippen LogP contribution in [0.1, 0.15) is 17.2 Å². The van der Waals surface area contributed by atoms with Crippen molar-refractivity contribution in [3.05, 3.63) is 65.0 Å². The maximum atomic E-state index is 6.50. The maximum absolute atomic E-state index is 6.50. The Hall–Kier alpha value is -1.84. The number of nitrogens with zero attached hydrogens (tertiary/aromatic N) is 1. The Kier molecular flexibility index (Phi) is 3.47. The molecule has 2 nitrogen and oxygen atoms in total. The zero-order valence-corrected chi connectivity index (χ0v) is 12.5. The van der Waals surface area contributed by atoms with Crippen LogP contribution in [-0.2, 0) is 0 Å². The third kappa shape index (κ3) is 2.30. The van der Waals surface area contributed by atoms with E-state index in [1.807, 2.05) is 14.1 Å². The van der Waals surface area contributed by atoms with Crippen molar-refractivity contribution in [3.63, 3.8) is 0 Å². The molecule has 3 heteroatoms. The molecule has 3 aromatic rings. The van der Waals surface area contributed by atoms with Crippen LogP contribution in [0.5, 0.6) is 0 Å². The van der Waals surface area contributed by atoms with Gasteiger partial charge >= 0.3 is 0 Å². The van der Waals surface area contributed by atoms with Gasteiger partial charge in [0.1, 0.15) is 0 Å². The largest absolute Gasteiger partial charge is 0.378 e. The Morgan fingerprint density at radius 1 is 1.05 bits per heavy atom. The standard InChI is InChI=1S/C17H18N2S/c1-19(2)14-7-3-6-13(11-14)16(18)15-8-4-5-12-9-10-20-17(12)15/h3-11,16H,18H2,1-2H3. The molecule has 0 saturated heterocycles. The quantitative estimate of drug-likeness (QED) is 0.786. The van der Waals surface area contributed by atoms with Gasteiger partial charge in [-0.1, -0.05) is 30.3 Å². The van der Waals surface area contributed by atoms with Crippen LogP contribution in [0.25, 0.3) is 10.1 Å². The molecular weight excluding hydrogens is 264 g/mol. The third-order valence-corrected chi connectivity index (χ3v) is 4.57. The highest BCUT2D eigenvalue weighted by atomic mass is 32.1. The zero-order valence-electron chi connectivity index (χ0n) is 11.7. The number of anilines is 1. The number of hydrogen-bond acceptors (Lipinski definition) is 3. The van der Waals surface area contributed by atoms with E-state index in [0.717, 1.165) is 5.56 Å². The number of benzene rings is 2. The molecular formula is C17H18N2S. The van der Waals surface area contributed by atoms with Crippen LogP contribution in [-0.4, -0.2) is 14.1 Å². The van der Waals surface area contributed by atoms with Gasteiger partial charge in [0.15, 0.2) is 0 Å². The second-order valence-electron chi connectivity index (χ2n) is 5.15. The van der Waals surface area contributed by atoms with Crippen molar-refractivity contribution in [1.29, 1.82) is 0 Å². The first kappa shape index (κ1) is 13.2. The summed E-state index contributed by atoms with van der Waals surface area (Å²) in [5.74, 6) is 0. The fourth-order valence-corrected chi connectivity index (χ4v) is 3.39. The molecule has 0 spiro atoms. The van der Waals surface area contributed by atoms with Gasteiger partial charge in [0.2, 0.25) is 0 Å². The minimum atomic E-state index is -0.0859. The van der Waals surface area contributed by atoms with Crippen molar-refractivity contribution < 1.29 is 0 Å². The van der Waals surface area contributed by atoms with E-state index in [2.05, 4.69) is 58.8 Å². The Labute approximate surface area is 123 Å². The molecule has 2 N–H and O–H groups in total. The van der Waals surface area contributed by atoms with Gasteiger partial charge in [-0.2, -0.15) is 0 Å². The smallest absolute Gasteiger partial charge is 0.0566 e. The SMILES string of the molecule is CN(C)c1cccc(C(N)c2cccc3ccsc23)c1. The van der Waals surface area contributed by atoms with Gasteiger partial charge in [0.25, 0.3) is 0 Å².